The van der Waals surface area contributed by atoms with E-state index in [1.807, 2.05) is 48.7 Å². The third-order valence-corrected chi connectivity index (χ3v) is 7.49. The predicted octanol–water partition coefficient (Wildman–Crippen LogP) is 5.48. The summed E-state index contributed by atoms with van der Waals surface area (Å²) >= 11 is 3.04. The lowest BCUT2D eigenvalue weighted by Crippen LogP contribution is -2.40. The Morgan fingerprint density at radius 2 is 1.82 bits per heavy atom. The average Bonchev–Trinajstić information content (AvgIpc) is 3.47. The standard InChI is InChI=1S/C24H29N5O2S2/c1-15(2)28(16(3)4)12-13-29-23(30)18-9-6-7-10-19(18)25-24(29)33-17(5)22-26-21(27-31-22)20-11-8-14-32-20/h6-11,14-17H,12-13H2,1-5H3/t17-/m0/s1. The van der Waals surface area contributed by atoms with E-state index in [0.29, 0.717) is 46.4 Å². The van der Waals surface area contributed by atoms with Crippen LogP contribution in [0.3, 0.4) is 0 Å². The van der Waals surface area contributed by atoms with Gasteiger partial charge in [0.1, 0.15) is 0 Å². The minimum absolute atomic E-state index is 0.0208. The van der Waals surface area contributed by atoms with E-state index in [9.17, 15) is 4.79 Å². The normalized spacial score (nSPS) is 13.0. The highest BCUT2D eigenvalue weighted by Crippen LogP contribution is 2.34. The molecule has 33 heavy (non-hydrogen) atoms. The molecule has 4 rings (SSSR count). The second-order valence-electron chi connectivity index (χ2n) is 8.49. The molecule has 0 radical (unpaired) electrons. The van der Waals surface area contributed by atoms with Crippen LogP contribution in [-0.4, -0.2) is 43.2 Å². The summed E-state index contributed by atoms with van der Waals surface area (Å²) in [6.07, 6.45) is 0. The van der Waals surface area contributed by atoms with E-state index in [1.165, 1.54) is 11.8 Å². The molecule has 0 bridgehead atoms. The lowest BCUT2D eigenvalue weighted by atomic mass is 10.2. The van der Waals surface area contributed by atoms with Crippen LogP contribution in [0.2, 0.25) is 0 Å². The van der Waals surface area contributed by atoms with Gasteiger partial charge in [-0.1, -0.05) is 35.1 Å². The molecule has 0 fully saturated rings. The van der Waals surface area contributed by atoms with Crippen molar-refractivity contribution in [1.29, 1.82) is 0 Å². The molecular formula is C24H29N5O2S2. The number of benzene rings is 1. The van der Waals surface area contributed by atoms with Gasteiger partial charge < -0.3 is 4.52 Å². The number of aromatic nitrogens is 4. The minimum atomic E-state index is -0.156. The van der Waals surface area contributed by atoms with Crippen LogP contribution in [0.5, 0.6) is 0 Å². The van der Waals surface area contributed by atoms with Crippen molar-refractivity contribution in [2.75, 3.05) is 6.54 Å². The van der Waals surface area contributed by atoms with E-state index in [4.69, 9.17) is 9.51 Å². The number of hydrogen-bond donors (Lipinski definition) is 0. The Hall–Kier alpha value is -2.49. The molecule has 0 aliphatic carbocycles. The molecule has 0 aliphatic rings. The quantitative estimate of drug-likeness (QED) is 0.230. The summed E-state index contributed by atoms with van der Waals surface area (Å²) < 4.78 is 7.33. The van der Waals surface area contributed by atoms with Gasteiger partial charge in [0.05, 0.1) is 21.0 Å². The van der Waals surface area contributed by atoms with Crippen LogP contribution in [0.4, 0.5) is 0 Å². The Bertz CT molecular complexity index is 1260. The molecular weight excluding hydrogens is 454 g/mol. The predicted molar refractivity (Wildman–Crippen MR) is 135 cm³/mol. The van der Waals surface area contributed by atoms with Gasteiger partial charge in [0.15, 0.2) is 5.16 Å². The summed E-state index contributed by atoms with van der Waals surface area (Å²) in [7, 11) is 0. The van der Waals surface area contributed by atoms with Gasteiger partial charge in [-0.05, 0) is 58.2 Å². The summed E-state index contributed by atoms with van der Waals surface area (Å²) in [5, 5.41) is 7.25. The van der Waals surface area contributed by atoms with Crippen molar-refractivity contribution in [2.24, 2.45) is 0 Å². The molecule has 1 atom stereocenters. The molecule has 0 aliphatic heterocycles. The van der Waals surface area contributed by atoms with Crippen LogP contribution in [0.15, 0.2) is 56.3 Å². The van der Waals surface area contributed by atoms with E-state index in [0.717, 1.165) is 11.4 Å². The van der Waals surface area contributed by atoms with E-state index in [-0.39, 0.29) is 10.8 Å². The van der Waals surface area contributed by atoms with Gasteiger partial charge >= 0.3 is 0 Å². The lowest BCUT2D eigenvalue weighted by Gasteiger charge is -2.31. The van der Waals surface area contributed by atoms with Gasteiger partial charge in [-0.15, -0.1) is 11.3 Å². The molecule has 3 heterocycles. The van der Waals surface area contributed by atoms with Crippen molar-refractivity contribution in [1.82, 2.24) is 24.6 Å². The van der Waals surface area contributed by atoms with Crippen molar-refractivity contribution < 1.29 is 4.52 Å². The lowest BCUT2D eigenvalue weighted by molar-refractivity contribution is 0.166. The number of thioether (sulfide) groups is 1. The third-order valence-electron chi connectivity index (χ3n) is 5.55. The largest absolute Gasteiger partial charge is 0.338 e. The van der Waals surface area contributed by atoms with Gasteiger partial charge in [-0.2, -0.15) is 4.98 Å². The number of fused-ring (bicyclic) bond motifs is 1. The monoisotopic (exact) mass is 483 g/mol. The zero-order valence-electron chi connectivity index (χ0n) is 19.6. The van der Waals surface area contributed by atoms with Gasteiger partial charge in [0, 0.05) is 25.2 Å². The summed E-state index contributed by atoms with van der Waals surface area (Å²) in [6, 6.07) is 12.2. The smallest absolute Gasteiger partial charge is 0.262 e. The first-order valence-electron chi connectivity index (χ1n) is 11.1. The van der Waals surface area contributed by atoms with E-state index in [1.54, 1.807) is 15.9 Å². The molecule has 174 valence electrons. The third kappa shape index (κ3) is 5.20. The molecule has 3 aromatic heterocycles. The van der Waals surface area contributed by atoms with Gasteiger partial charge in [0.2, 0.25) is 11.7 Å². The fourth-order valence-corrected chi connectivity index (χ4v) is 5.49. The summed E-state index contributed by atoms with van der Waals surface area (Å²) in [6.45, 7) is 12.0. The number of para-hydroxylation sites is 1. The van der Waals surface area contributed by atoms with Gasteiger partial charge in [0.25, 0.3) is 5.56 Å². The molecule has 0 saturated heterocycles. The highest BCUT2D eigenvalue weighted by atomic mass is 32.2. The topological polar surface area (TPSA) is 77.1 Å². The molecule has 1 aromatic carbocycles. The van der Waals surface area contributed by atoms with E-state index in [2.05, 4.69) is 42.7 Å². The second kappa shape index (κ2) is 10.2. The molecule has 7 nitrogen and oxygen atoms in total. The molecule has 4 aromatic rings. The first-order chi connectivity index (χ1) is 15.8. The van der Waals surface area contributed by atoms with Crippen LogP contribution < -0.4 is 5.56 Å². The van der Waals surface area contributed by atoms with Crippen molar-refractivity contribution in [3.63, 3.8) is 0 Å². The van der Waals surface area contributed by atoms with Gasteiger partial charge in [-0.3, -0.25) is 14.3 Å². The summed E-state index contributed by atoms with van der Waals surface area (Å²) in [5.74, 6) is 1.10. The Labute approximate surface area is 201 Å². The maximum Gasteiger partial charge on any atom is 0.262 e. The van der Waals surface area contributed by atoms with Crippen LogP contribution in [0.1, 0.15) is 45.8 Å². The number of thiophene rings is 1. The van der Waals surface area contributed by atoms with Crippen LogP contribution in [0, 0.1) is 0 Å². The van der Waals surface area contributed by atoms with Crippen molar-refractivity contribution in [2.45, 2.75) is 63.7 Å². The first-order valence-corrected chi connectivity index (χ1v) is 12.9. The number of hydrogen-bond acceptors (Lipinski definition) is 8. The van der Waals surface area contributed by atoms with Crippen molar-refractivity contribution in [3.8, 4) is 10.7 Å². The highest BCUT2D eigenvalue weighted by Gasteiger charge is 2.22. The molecule has 0 N–H and O–H groups in total. The Morgan fingerprint density at radius 3 is 2.52 bits per heavy atom. The molecule has 0 amide bonds. The Balaban J connectivity index is 1.65. The maximum absolute atomic E-state index is 13.4. The summed E-state index contributed by atoms with van der Waals surface area (Å²) in [5.41, 5.74) is 0.676. The van der Waals surface area contributed by atoms with E-state index >= 15 is 0 Å². The van der Waals surface area contributed by atoms with Gasteiger partial charge in [-0.25, -0.2) is 4.98 Å². The molecule has 0 spiro atoms. The first kappa shape index (κ1) is 23.7. The molecule has 9 heteroatoms. The van der Waals surface area contributed by atoms with Crippen LogP contribution in [-0.2, 0) is 6.54 Å². The Morgan fingerprint density at radius 1 is 1.06 bits per heavy atom. The van der Waals surface area contributed by atoms with Crippen LogP contribution >= 0.6 is 23.1 Å². The number of nitrogens with zero attached hydrogens (tertiary/aromatic N) is 5. The zero-order valence-corrected chi connectivity index (χ0v) is 21.2. The average molecular weight is 484 g/mol. The fourth-order valence-electron chi connectivity index (χ4n) is 3.88. The molecule has 0 unspecified atom stereocenters. The number of rotatable bonds is 9. The summed E-state index contributed by atoms with van der Waals surface area (Å²) in [4.78, 5) is 26.2. The highest BCUT2D eigenvalue weighted by molar-refractivity contribution is 7.99. The SMILES string of the molecule is CC(C)N(CCn1c(S[C@@H](C)c2nc(-c3cccs3)no2)nc2ccccc2c1=O)C(C)C. The maximum atomic E-state index is 13.4. The second-order valence-corrected chi connectivity index (χ2v) is 10.7. The minimum Gasteiger partial charge on any atom is -0.338 e. The zero-order chi connectivity index (χ0) is 23.5. The Kier molecular flexibility index (Phi) is 7.31. The fraction of sp³-hybridized carbons (Fsp3) is 0.417. The van der Waals surface area contributed by atoms with Crippen LogP contribution in [0.25, 0.3) is 21.6 Å². The van der Waals surface area contributed by atoms with Crippen molar-refractivity contribution in [3.05, 3.63) is 58.0 Å². The van der Waals surface area contributed by atoms with E-state index < -0.39 is 0 Å². The van der Waals surface area contributed by atoms with Crippen molar-refractivity contribution >= 4 is 34.0 Å². The molecule has 0 saturated carbocycles.